The molecule has 1 nitrogen and oxygen atoms in total. The lowest BCUT2D eigenvalue weighted by Gasteiger charge is -1.96. The van der Waals surface area contributed by atoms with Gasteiger partial charge in [-0.3, -0.25) is 4.98 Å². The van der Waals surface area contributed by atoms with E-state index in [-0.39, 0.29) is 0 Å². The average molecular weight is 179 g/mol. The molecule has 0 saturated heterocycles. The van der Waals surface area contributed by atoms with Gasteiger partial charge in [-0.05, 0) is 26.0 Å². The summed E-state index contributed by atoms with van der Waals surface area (Å²) in [5.74, 6) is 1.05. The molecule has 0 fully saturated rings. The second-order valence-corrected chi connectivity index (χ2v) is 3.87. The number of pyridine rings is 1. The van der Waals surface area contributed by atoms with Crippen LogP contribution in [0.15, 0.2) is 41.1 Å². The summed E-state index contributed by atoms with van der Waals surface area (Å²) in [6.07, 6.45) is 5.88. The highest BCUT2D eigenvalue weighted by Crippen LogP contribution is 2.16. The molecule has 0 aliphatic heterocycles. The highest BCUT2D eigenvalue weighted by Gasteiger charge is 1.88. The van der Waals surface area contributed by atoms with Gasteiger partial charge in [0, 0.05) is 23.0 Å². The Labute approximate surface area is 77.9 Å². The van der Waals surface area contributed by atoms with Crippen molar-refractivity contribution < 1.29 is 0 Å². The maximum Gasteiger partial charge on any atom is 0.0278 e. The maximum absolute atomic E-state index is 3.96. The van der Waals surface area contributed by atoms with Crippen LogP contribution >= 0.6 is 11.8 Å². The second-order valence-electron chi connectivity index (χ2n) is 2.78. The molecule has 0 N–H and O–H groups in total. The molecule has 1 aromatic rings. The third-order valence-electron chi connectivity index (χ3n) is 1.39. The van der Waals surface area contributed by atoms with Crippen LogP contribution in [0.4, 0.5) is 0 Å². The van der Waals surface area contributed by atoms with Crippen LogP contribution in [0, 0.1) is 0 Å². The van der Waals surface area contributed by atoms with Crippen LogP contribution in [0.5, 0.6) is 0 Å². The highest BCUT2D eigenvalue weighted by molar-refractivity contribution is 7.99. The fourth-order valence-electron chi connectivity index (χ4n) is 0.739. The number of nitrogens with zero attached hydrogens (tertiary/aromatic N) is 1. The van der Waals surface area contributed by atoms with Gasteiger partial charge in [0.2, 0.25) is 0 Å². The SMILES string of the molecule is CC(C)=CCSc1ccncc1. The predicted octanol–water partition coefficient (Wildman–Crippen LogP) is 3.14. The first-order chi connectivity index (χ1) is 5.79. The van der Waals surface area contributed by atoms with E-state index in [1.165, 1.54) is 10.5 Å². The minimum atomic E-state index is 1.05. The predicted molar refractivity (Wildman–Crippen MR) is 54.4 cm³/mol. The molecule has 64 valence electrons. The topological polar surface area (TPSA) is 12.9 Å². The molecule has 0 saturated carbocycles. The van der Waals surface area contributed by atoms with Crippen LogP contribution in [0.3, 0.4) is 0 Å². The lowest BCUT2D eigenvalue weighted by atomic mass is 10.3. The van der Waals surface area contributed by atoms with Gasteiger partial charge in [0.15, 0.2) is 0 Å². The molecule has 0 amide bonds. The third kappa shape index (κ3) is 3.58. The average Bonchev–Trinajstić information content (AvgIpc) is 2.05. The Morgan fingerprint density at radius 1 is 1.42 bits per heavy atom. The van der Waals surface area contributed by atoms with Gasteiger partial charge in [0.05, 0.1) is 0 Å². The van der Waals surface area contributed by atoms with Gasteiger partial charge < -0.3 is 0 Å². The van der Waals surface area contributed by atoms with Crippen molar-refractivity contribution in [2.45, 2.75) is 18.7 Å². The van der Waals surface area contributed by atoms with Gasteiger partial charge >= 0.3 is 0 Å². The summed E-state index contributed by atoms with van der Waals surface area (Å²) >= 11 is 1.83. The van der Waals surface area contributed by atoms with Crippen LogP contribution < -0.4 is 0 Å². The van der Waals surface area contributed by atoms with Crippen LogP contribution in [-0.2, 0) is 0 Å². The van der Waals surface area contributed by atoms with Crippen LogP contribution in [0.1, 0.15) is 13.8 Å². The van der Waals surface area contributed by atoms with Crippen molar-refractivity contribution in [1.82, 2.24) is 4.98 Å². The first-order valence-corrected chi connectivity index (χ1v) is 4.94. The van der Waals surface area contributed by atoms with E-state index >= 15 is 0 Å². The number of allylic oxidation sites excluding steroid dienone is 1. The standard InChI is InChI=1S/C10H13NS/c1-9(2)5-8-12-10-3-6-11-7-4-10/h3-7H,8H2,1-2H3. The fraction of sp³-hybridized carbons (Fsp3) is 0.300. The van der Waals surface area contributed by atoms with E-state index in [1.54, 1.807) is 0 Å². The largest absolute Gasteiger partial charge is 0.265 e. The number of rotatable bonds is 3. The van der Waals surface area contributed by atoms with Gasteiger partial charge in [0.25, 0.3) is 0 Å². The summed E-state index contributed by atoms with van der Waals surface area (Å²) in [5.41, 5.74) is 1.37. The Morgan fingerprint density at radius 2 is 2.08 bits per heavy atom. The molecule has 0 radical (unpaired) electrons. The van der Waals surface area contributed by atoms with Crippen molar-refractivity contribution in [2.75, 3.05) is 5.75 Å². The summed E-state index contributed by atoms with van der Waals surface area (Å²) in [6, 6.07) is 4.06. The minimum absolute atomic E-state index is 1.05. The van der Waals surface area contributed by atoms with E-state index in [1.807, 2.05) is 36.3 Å². The first-order valence-electron chi connectivity index (χ1n) is 3.95. The zero-order valence-corrected chi connectivity index (χ0v) is 8.27. The Morgan fingerprint density at radius 3 is 2.67 bits per heavy atom. The van der Waals surface area contributed by atoms with Crippen molar-refractivity contribution >= 4 is 11.8 Å². The van der Waals surface area contributed by atoms with E-state index in [2.05, 4.69) is 24.9 Å². The van der Waals surface area contributed by atoms with Gasteiger partial charge in [-0.2, -0.15) is 0 Å². The molecule has 1 aromatic heterocycles. The molecular formula is C10H13NS. The number of hydrogen-bond donors (Lipinski definition) is 0. The van der Waals surface area contributed by atoms with Crippen molar-refractivity contribution in [1.29, 1.82) is 0 Å². The number of hydrogen-bond acceptors (Lipinski definition) is 2. The van der Waals surface area contributed by atoms with E-state index in [0.29, 0.717) is 0 Å². The normalized spacial score (nSPS) is 9.50. The monoisotopic (exact) mass is 179 g/mol. The van der Waals surface area contributed by atoms with Crippen molar-refractivity contribution in [3.63, 3.8) is 0 Å². The Balaban J connectivity index is 2.39. The third-order valence-corrected chi connectivity index (χ3v) is 2.33. The Kier molecular flexibility index (Phi) is 3.88. The molecule has 0 unspecified atom stereocenters. The second kappa shape index (κ2) is 4.99. The number of aromatic nitrogens is 1. The molecule has 2 heteroatoms. The molecule has 0 atom stereocenters. The van der Waals surface area contributed by atoms with Gasteiger partial charge in [-0.15, -0.1) is 11.8 Å². The van der Waals surface area contributed by atoms with Crippen LogP contribution in [0.2, 0.25) is 0 Å². The van der Waals surface area contributed by atoms with Crippen molar-refractivity contribution in [3.8, 4) is 0 Å². The molecule has 0 aliphatic rings. The minimum Gasteiger partial charge on any atom is -0.265 e. The fourth-order valence-corrected chi connectivity index (χ4v) is 1.66. The first kappa shape index (κ1) is 9.33. The van der Waals surface area contributed by atoms with Gasteiger partial charge in [-0.1, -0.05) is 11.6 Å². The summed E-state index contributed by atoms with van der Waals surface area (Å²) in [5, 5.41) is 0. The summed E-state index contributed by atoms with van der Waals surface area (Å²) in [6.45, 7) is 4.24. The Bertz CT molecular complexity index is 250. The molecule has 0 bridgehead atoms. The van der Waals surface area contributed by atoms with Gasteiger partial charge in [-0.25, -0.2) is 0 Å². The molecular weight excluding hydrogens is 166 g/mol. The highest BCUT2D eigenvalue weighted by atomic mass is 32.2. The Hall–Kier alpha value is -0.760. The molecule has 1 rings (SSSR count). The number of thioether (sulfide) groups is 1. The van der Waals surface area contributed by atoms with Crippen LogP contribution in [0.25, 0.3) is 0 Å². The zero-order valence-electron chi connectivity index (χ0n) is 7.45. The molecule has 12 heavy (non-hydrogen) atoms. The lowest BCUT2D eigenvalue weighted by Crippen LogP contribution is -1.75. The lowest BCUT2D eigenvalue weighted by molar-refractivity contribution is 1.26. The molecule has 0 aromatic carbocycles. The van der Waals surface area contributed by atoms with Crippen LogP contribution in [-0.4, -0.2) is 10.7 Å². The zero-order chi connectivity index (χ0) is 8.81. The smallest absolute Gasteiger partial charge is 0.0278 e. The quantitative estimate of drug-likeness (QED) is 0.522. The molecule has 0 spiro atoms. The van der Waals surface area contributed by atoms with Crippen molar-refractivity contribution in [3.05, 3.63) is 36.2 Å². The van der Waals surface area contributed by atoms with E-state index in [4.69, 9.17) is 0 Å². The van der Waals surface area contributed by atoms with Gasteiger partial charge in [0.1, 0.15) is 0 Å². The maximum atomic E-state index is 3.96. The van der Waals surface area contributed by atoms with E-state index in [9.17, 15) is 0 Å². The molecule has 1 heterocycles. The summed E-state index contributed by atoms with van der Waals surface area (Å²) in [7, 11) is 0. The summed E-state index contributed by atoms with van der Waals surface area (Å²) in [4.78, 5) is 5.24. The summed E-state index contributed by atoms with van der Waals surface area (Å²) < 4.78 is 0. The van der Waals surface area contributed by atoms with Crippen molar-refractivity contribution in [2.24, 2.45) is 0 Å². The van der Waals surface area contributed by atoms with E-state index < -0.39 is 0 Å². The van der Waals surface area contributed by atoms with E-state index in [0.717, 1.165) is 5.75 Å². The molecule has 0 aliphatic carbocycles.